The van der Waals surface area contributed by atoms with Gasteiger partial charge in [0.25, 0.3) is 0 Å². The van der Waals surface area contributed by atoms with E-state index in [1.165, 1.54) is 0 Å². The van der Waals surface area contributed by atoms with E-state index in [0.717, 1.165) is 35.4 Å². The molecule has 1 aromatic heterocycles. The van der Waals surface area contributed by atoms with Crippen LogP contribution in [0.4, 0.5) is 11.4 Å². The number of nitrogen functional groups attached to an aromatic ring is 1. The Morgan fingerprint density at radius 1 is 1.03 bits per heavy atom. The van der Waals surface area contributed by atoms with Crippen LogP contribution in [0.1, 0.15) is 45.1 Å². The highest BCUT2D eigenvalue weighted by Gasteiger charge is 2.19. The largest absolute Gasteiger partial charge is 0.461 e. The predicted octanol–water partition coefficient (Wildman–Crippen LogP) is 5.51. The van der Waals surface area contributed by atoms with Crippen LogP contribution >= 0.6 is 0 Å². The number of fused-ring (bicyclic) bond motifs is 1. The molecule has 5 nitrogen and oxygen atoms in total. The van der Waals surface area contributed by atoms with Gasteiger partial charge in [0, 0.05) is 24.2 Å². The second-order valence-corrected chi connectivity index (χ2v) is 8.58. The molecule has 0 aliphatic heterocycles. The second kappa shape index (κ2) is 9.24. The van der Waals surface area contributed by atoms with Crippen molar-refractivity contribution in [2.24, 2.45) is 11.8 Å². The zero-order chi connectivity index (χ0) is 21.8. The van der Waals surface area contributed by atoms with E-state index in [1.807, 2.05) is 54.0 Å². The standard InChI is InChI=1S/C25H33N3O2/c1-6-30-25(29)24-13-19-9-7-8-10-22(19)28(24)20-11-12-23(21(26)14-20)27(15-17(2)3)16-18(4)5/h7-14,17-18H,6,15-16,26H2,1-5H3. The van der Waals surface area contributed by atoms with E-state index < -0.39 is 0 Å². The Morgan fingerprint density at radius 2 is 1.70 bits per heavy atom. The van der Waals surface area contributed by atoms with E-state index in [9.17, 15) is 4.79 Å². The fourth-order valence-corrected chi connectivity index (χ4v) is 3.91. The molecule has 0 aliphatic carbocycles. The maximum Gasteiger partial charge on any atom is 0.355 e. The van der Waals surface area contributed by atoms with Crippen LogP contribution in [0.5, 0.6) is 0 Å². The Balaban J connectivity index is 2.09. The lowest BCUT2D eigenvalue weighted by atomic mass is 10.1. The molecule has 0 aliphatic rings. The van der Waals surface area contributed by atoms with Crippen molar-refractivity contribution >= 4 is 28.2 Å². The van der Waals surface area contributed by atoms with Gasteiger partial charge in [-0.1, -0.05) is 45.9 Å². The van der Waals surface area contributed by atoms with Gasteiger partial charge in [-0.2, -0.15) is 0 Å². The third kappa shape index (κ3) is 4.61. The number of carbonyl (C=O) groups excluding carboxylic acids is 1. The smallest absolute Gasteiger partial charge is 0.355 e. The fourth-order valence-electron chi connectivity index (χ4n) is 3.91. The molecular weight excluding hydrogens is 374 g/mol. The van der Waals surface area contributed by atoms with Gasteiger partial charge in [-0.25, -0.2) is 4.79 Å². The molecule has 5 heteroatoms. The van der Waals surface area contributed by atoms with Crippen molar-refractivity contribution in [1.82, 2.24) is 4.57 Å². The summed E-state index contributed by atoms with van der Waals surface area (Å²) in [4.78, 5) is 15.0. The van der Waals surface area contributed by atoms with Crippen LogP contribution in [-0.4, -0.2) is 30.2 Å². The van der Waals surface area contributed by atoms with Crippen LogP contribution in [0.25, 0.3) is 16.6 Å². The first-order valence-corrected chi connectivity index (χ1v) is 10.7. The summed E-state index contributed by atoms with van der Waals surface area (Å²) in [5.41, 5.74) is 10.6. The predicted molar refractivity (Wildman–Crippen MR) is 126 cm³/mol. The number of rotatable bonds is 8. The average Bonchev–Trinajstić information content (AvgIpc) is 3.06. The number of nitrogens with zero attached hydrogens (tertiary/aromatic N) is 2. The van der Waals surface area contributed by atoms with Gasteiger partial charge in [-0.15, -0.1) is 0 Å². The Morgan fingerprint density at radius 3 is 2.30 bits per heavy atom. The normalized spacial score (nSPS) is 11.4. The van der Waals surface area contributed by atoms with Gasteiger partial charge < -0.3 is 19.9 Å². The van der Waals surface area contributed by atoms with E-state index in [-0.39, 0.29) is 5.97 Å². The minimum absolute atomic E-state index is 0.334. The number of ether oxygens (including phenoxy) is 1. The highest BCUT2D eigenvalue weighted by Crippen LogP contribution is 2.31. The topological polar surface area (TPSA) is 60.5 Å². The number of hydrogen-bond acceptors (Lipinski definition) is 4. The van der Waals surface area contributed by atoms with Crippen molar-refractivity contribution in [2.45, 2.75) is 34.6 Å². The fraction of sp³-hybridized carbons (Fsp3) is 0.400. The first-order chi connectivity index (χ1) is 14.3. The first kappa shape index (κ1) is 21.8. The molecule has 0 spiro atoms. The third-order valence-corrected chi connectivity index (χ3v) is 4.98. The minimum Gasteiger partial charge on any atom is -0.461 e. The number of para-hydroxylation sites is 1. The lowest BCUT2D eigenvalue weighted by molar-refractivity contribution is 0.0517. The maximum atomic E-state index is 12.6. The minimum atomic E-state index is -0.336. The highest BCUT2D eigenvalue weighted by molar-refractivity contribution is 5.97. The van der Waals surface area contributed by atoms with E-state index in [4.69, 9.17) is 10.5 Å². The van der Waals surface area contributed by atoms with Crippen LogP contribution < -0.4 is 10.6 Å². The quantitative estimate of drug-likeness (QED) is 0.395. The number of aromatic nitrogens is 1. The van der Waals surface area contributed by atoms with Crippen LogP contribution in [0, 0.1) is 11.8 Å². The van der Waals surface area contributed by atoms with Gasteiger partial charge in [0.1, 0.15) is 5.69 Å². The summed E-state index contributed by atoms with van der Waals surface area (Å²) >= 11 is 0. The summed E-state index contributed by atoms with van der Waals surface area (Å²) < 4.78 is 7.23. The Labute approximate surface area is 179 Å². The molecule has 0 atom stereocenters. The van der Waals surface area contributed by atoms with Crippen LogP contribution in [-0.2, 0) is 4.74 Å². The van der Waals surface area contributed by atoms with Crippen LogP contribution in [0.15, 0.2) is 48.5 Å². The third-order valence-electron chi connectivity index (χ3n) is 4.98. The van der Waals surface area contributed by atoms with Crippen LogP contribution in [0.2, 0.25) is 0 Å². The summed E-state index contributed by atoms with van der Waals surface area (Å²) in [6.07, 6.45) is 0. The summed E-state index contributed by atoms with van der Waals surface area (Å²) in [7, 11) is 0. The zero-order valence-electron chi connectivity index (χ0n) is 18.7. The zero-order valence-corrected chi connectivity index (χ0v) is 18.7. The number of anilines is 2. The Bertz CT molecular complexity index is 1010. The van der Waals surface area contributed by atoms with Gasteiger partial charge in [0.15, 0.2) is 0 Å². The SMILES string of the molecule is CCOC(=O)c1cc2ccccc2n1-c1ccc(N(CC(C)C)CC(C)C)c(N)c1. The molecule has 0 saturated carbocycles. The van der Waals surface area contributed by atoms with Crippen molar-refractivity contribution in [3.63, 3.8) is 0 Å². The second-order valence-electron chi connectivity index (χ2n) is 8.58. The lowest BCUT2D eigenvalue weighted by Crippen LogP contribution is -2.31. The Hall–Kier alpha value is -2.95. The van der Waals surface area contributed by atoms with Gasteiger partial charge in [-0.3, -0.25) is 0 Å². The van der Waals surface area contributed by atoms with Crippen molar-refractivity contribution < 1.29 is 9.53 Å². The lowest BCUT2D eigenvalue weighted by Gasteiger charge is -2.30. The van der Waals surface area contributed by atoms with Crippen molar-refractivity contribution in [2.75, 3.05) is 30.3 Å². The molecule has 30 heavy (non-hydrogen) atoms. The summed E-state index contributed by atoms with van der Waals surface area (Å²) in [5, 5.41) is 0.990. The number of esters is 1. The van der Waals surface area contributed by atoms with Gasteiger partial charge in [0.2, 0.25) is 0 Å². The molecule has 0 amide bonds. The molecule has 0 unspecified atom stereocenters. The molecule has 0 radical (unpaired) electrons. The van der Waals surface area contributed by atoms with E-state index >= 15 is 0 Å². The Kier molecular flexibility index (Phi) is 6.70. The van der Waals surface area contributed by atoms with Crippen LogP contribution in [0.3, 0.4) is 0 Å². The molecule has 1 heterocycles. The molecule has 3 aromatic rings. The molecule has 3 rings (SSSR count). The molecule has 160 valence electrons. The van der Waals surface area contributed by atoms with Crippen molar-refractivity contribution in [3.05, 3.63) is 54.2 Å². The van der Waals surface area contributed by atoms with Crippen molar-refractivity contribution in [1.29, 1.82) is 0 Å². The highest BCUT2D eigenvalue weighted by atomic mass is 16.5. The van der Waals surface area contributed by atoms with E-state index in [1.54, 1.807) is 0 Å². The maximum absolute atomic E-state index is 12.6. The monoisotopic (exact) mass is 407 g/mol. The van der Waals surface area contributed by atoms with E-state index in [2.05, 4.69) is 38.7 Å². The molecular formula is C25H33N3O2. The average molecular weight is 408 g/mol. The number of carbonyl (C=O) groups is 1. The molecule has 0 fully saturated rings. The van der Waals surface area contributed by atoms with Gasteiger partial charge >= 0.3 is 5.97 Å². The molecule has 2 N–H and O–H groups in total. The van der Waals surface area contributed by atoms with Crippen molar-refractivity contribution in [3.8, 4) is 5.69 Å². The number of hydrogen-bond donors (Lipinski definition) is 1. The first-order valence-electron chi connectivity index (χ1n) is 10.7. The molecule has 0 bridgehead atoms. The van der Waals surface area contributed by atoms with Gasteiger partial charge in [0.05, 0.1) is 23.5 Å². The number of benzene rings is 2. The molecule has 0 saturated heterocycles. The summed E-state index contributed by atoms with van der Waals surface area (Å²) in [6, 6.07) is 15.9. The van der Waals surface area contributed by atoms with Gasteiger partial charge in [-0.05, 0) is 49.1 Å². The molecule has 2 aromatic carbocycles. The number of nitrogens with two attached hydrogens (primary N) is 1. The summed E-state index contributed by atoms with van der Waals surface area (Å²) in [6.45, 7) is 12.9. The van der Waals surface area contributed by atoms with E-state index in [0.29, 0.717) is 29.8 Å². The summed E-state index contributed by atoms with van der Waals surface area (Å²) in [5.74, 6) is 0.732.